The summed E-state index contributed by atoms with van der Waals surface area (Å²) in [5.41, 5.74) is 1.31. The predicted molar refractivity (Wildman–Crippen MR) is 56.9 cm³/mol. The number of aryl methyl sites for hydroxylation is 1. The zero-order valence-electron chi connectivity index (χ0n) is 7.70. The molecule has 0 saturated carbocycles. The summed E-state index contributed by atoms with van der Waals surface area (Å²) in [6.07, 6.45) is 1.99. The first-order valence-corrected chi connectivity index (χ1v) is 5.12. The van der Waals surface area contributed by atoms with E-state index in [1.54, 1.807) is 7.05 Å². The highest BCUT2D eigenvalue weighted by atomic mass is 79.9. The van der Waals surface area contributed by atoms with E-state index >= 15 is 0 Å². The van der Waals surface area contributed by atoms with Crippen LogP contribution in [0, 0.1) is 0 Å². The van der Waals surface area contributed by atoms with E-state index in [9.17, 15) is 0 Å². The number of hydrogen-bond donors (Lipinski definition) is 1. The summed E-state index contributed by atoms with van der Waals surface area (Å²) in [5, 5.41) is 10.1. The van der Waals surface area contributed by atoms with Crippen molar-refractivity contribution in [1.82, 2.24) is 5.06 Å². The third-order valence-electron chi connectivity index (χ3n) is 1.86. The Bertz CT molecular complexity index is 246. The van der Waals surface area contributed by atoms with Gasteiger partial charge in [-0.2, -0.15) is 5.06 Å². The van der Waals surface area contributed by atoms with Gasteiger partial charge in [0.1, 0.15) is 0 Å². The van der Waals surface area contributed by atoms with Gasteiger partial charge in [-0.3, -0.25) is 0 Å². The molecule has 0 atom stereocenters. The second-order valence-electron chi connectivity index (χ2n) is 3.11. The lowest BCUT2D eigenvalue weighted by Gasteiger charge is -2.07. The maximum absolute atomic E-state index is 8.90. The fourth-order valence-corrected chi connectivity index (χ4v) is 1.43. The number of benzene rings is 1. The minimum Gasteiger partial charge on any atom is -0.314 e. The summed E-state index contributed by atoms with van der Waals surface area (Å²) < 4.78 is 1.11. The van der Waals surface area contributed by atoms with Crippen LogP contribution < -0.4 is 0 Å². The van der Waals surface area contributed by atoms with Crippen LogP contribution in [0.2, 0.25) is 0 Å². The Kier molecular flexibility index (Phi) is 4.42. The number of halogens is 1. The molecule has 2 nitrogen and oxygen atoms in total. The van der Waals surface area contributed by atoms with E-state index in [-0.39, 0.29) is 0 Å². The van der Waals surface area contributed by atoms with Crippen molar-refractivity contribution >= 4 is 15.9 Å². The molecule has 1 rings (SSSR count). The van der Waals surface area contributed by atoms with E-state index in [2.05, 4.69) is 28.1 Å². The topological polar surface area (TPSA) is 23.5 Å². The van der Waals surface area contributed by atoms with Crippen LogP contribution in [0.15, 0.2) is 28.7 Å². The lowest BCUT2D eigenvalue weighted by molar-refractivity contribution is -0.0651. The van der Waals surface area contributed by atoms with E-state index in [0.717, 1.165) is 23.9 Å². The molecule has 13 heavy (non-hydrogen) atoms. The Morgan fingerprint density at radius 1 is 1.31 bits per heavy atom. The maximum Gasteiger partial charge on any atom is 0.0238 e. The highest BCUT2D eigenvalue weighted by molar-refractivity contribution is 9.10. The summed E-state index contributed by atoms with van der Waals surface area (Å²) in [4.78, 5) is 0. The van der Waals surface area contributed by atoms with Gasteiger partial charge in [0.25, 0.3) is 0 Å². The van der Waals surface area contributed by atoms with Crippen LogP contribution in [-0.4, -0.2) is 23.9 Å². The van der Waals surface area contributed by atoms with Gasteiger partial charge in [0.05, 0.1) is 0 Å². The van der Waals surface area contributed by atoms with E-state index in [1.807, 2.05) is 12.1 Å². The van der Waals surface area contributed by atoms with Gasteiger partial charge in [-0.05, 0) is 30.5 Å². The molecule has 72 valence electrons. The lowest BCUT2D eigenvalue weighted by Crippen LogP contribution is -2.14. The molecule has 1 N–H and O–H groups in total. The summed E-state index contributed by atoms with van der Waals surface area (Å²) in [5.74, 6) is 0. The third-order valence-corrected chi connectivity index (χ3v) is 2.39. The minimum atomic E-state index is 0.718. The van der Waals surface area contributed by atoms with Crippen molar-refractivity contribution in [3.63, 3.8) is 0 Å². The quantitative estimate of drug-likeness (QED) is 0.823. The van der Waals surface area contributed by atoms with Gasteiger partial charge in [-0.1, -0.05) is 28.1 Å². The molecule has 0 fully saturated rings. The number of rotatable bonds is 4. The average Bonchev–Trinajstić information content (AvgIpc) is 2.08. The number of hydrogen-bond acceptors (Lipinski definition) is 2. The molecule has 0 aromatic heterocycles. The summed E-state index contributed by atoms with van der Waals surface area (Å²) in [7, 11) is 1.67. The molecule has 3 heteroatoms. The van der Waals surface area contributed by atoms with Crippen LogP contribution in [0.5, 0.6) is 0 Å². The molecule has 0 bridgehead atoms. The highest BCUT2D eigenvalue weighted by Crippen LogP contribution is 2.11. The molecule has 0 unspecified atom stereocenters. The lowest BCUT2D eigenvalue weighted by atomic mass is 10.1. The van der Waals surface area contributed by atoms with Gasteiger partial charge in [0.15, 0.2) is 0 Å². The summed E-state index contributed by atoms with van der Waals surface area (Å²) in [6.45, 7) is 0.718. The van der Waals surface area contributed by atoms with Crippen LogP contribution in [0.1, 0.15) is 12.0 Å². The molecule has 1 aromatic carbocycles. The molecule has 0 saturated heterocycles. The van der Waals surface area contributed by atoms with Crippen molar-refractivity contribution in [2.24, 2.45) is 0 Å². The normalized spacial score (nSPS) is 10.8. The molecule has 1 aromatic rings. The molecule has 0 radical (unpaired) electrons. The number of nitrogens with zero attached hydrogens (tertiary/aromatic N) is 1. The SMILES string of the molecule is CN(O)CCCc1ccc(Br)cc1. The van der Waals surface area contributed by atoms with E-state index in [0.29, 0.717) is 0 Å². The minimum absolute atomic E-state index is 0.718. The zero-order chi connectivity index (χ0) is 9.68. The molecule has 0 heterocycles. The zero-order valence-corrected chi connectivity index (χ0v) is 9.29. The Hall–Kier alpha value is -0.380. The van der Waals surface area contributed by atoms with Gasteiger partial charge in [0.2, 0.25) is 0 Å². The van der Waals surface area contributed by atoms with Gasteiger partial charge in [0, 0.05) is 18.1 Å². The van der Waals surface area contributed by atoms with Crippen molar-refractivity contribution in [1.29, 1.82) is 0 Å². The van der Waals surface area contributed by atoms with Crippen molar-refractivity contribution in [2.75, 3.05) is 13.6 Å². The third kappa shape index (κ3) is 4.41. The van der Waals surface area contributed by atoms with Crippen LogP contribution in [0.3, 0.4) is 0 Å². The summed E-state index contributed by atoms with van der Waals surface area (Å²) in [6, 6.07) is 8.28. The second-order valence-corrected chi connectivity index (χ2v) is 4.03. The van der Waals surface area contributed by atoms with Crippen LogP contribution in [0.4, 0.5) is 0 Å². The molecule has 0 spiro atoms. The van der Waals surface area contributed by atoms with E-state index in [4.69, 9.17) is 5.21 Å². The molecular formula is C10H14BrNO. The van der Waals surface area contributed by atoms with Crippen molar-refractivity contribution < 1.29 is 5.21 Å². The standard InChI is InChI=1S/C10H14BrNO/c1-12(13)8-2-3-9-4-6-10(11)7-5-9/h4-7,13H,2-3,8H2,1H3. The molecule has 0 aliphatic heterocycles. The Morgan fingerprint density at radius 2 is 1.92 bits per heavy atom. The van der Waals surface area contributed by atoms with Gasteiger partial charge >= 0.3 is 0 Å². The molecular weight excluding hydrogens is 230 g/mol. The first-order chi connectivity index (χ1) is 6.18. The van der Waals surface area contributed by atoms with Crippen molar-refractivity contribution in [3.05, 3.63) is 34.3 Å². The Labute approximate surface area is 87.3 Å². The largest absolute Gasteiger partial charge is 0.314 e. The fraction of sp³-hybridized carbons (Fsp3) is 0.400. The fourth-order valence-electron chi connectivity index (χ4n) is 1.16. The van der Waals surface area contributed by atoms with Gasteiger partial charge < -0.3 is 5.21 Å². The van der Waals surface area contributed by atoms with Crippen molar-refractivity contribution in [2.45, 2.75) is 12.8 Å². The molecule has 0 aliphatic carbocycles. The monoisotopic (exact) mass is 243 g/mol. The number of hydroxylamine groups is 2. The second kappa shape index (κ2) is 5.37. The van der Waals surface area contributed by atoms with Crippen LogP contribution >= 0.6 is 15.9 Å². The highest BCUT2D eigenvalue weighted by Gasteiger charge is 1.95. The van der Waals surface area contributed by atoms with Crippen LogP contribution in [-0.2, 0) is 6.42 Å². The van der Waals surface area contributed by atoms with E-state index < -0.39 is 0 Å². The first-order valence-electron chi connectivity index (χ1n) is 4.33. The first kappa shape index (κ1) is 10.7. The van der Waals surface area contributed by atoms with Crippen LogP contribution in [0.25, 0.3) is 0 Å². The molecule has 0 aliphatic rings. The smallest absolute Gasteiger partial charge is 0.0238 e. The average molecular weight is 244 g/mol. The molecule has 0 amide bonds. The van der Waals surface area contributed by atoms with Gasteiger partial charge in [-0.15, -0.1) is 0 Å². The van der Waals surface area contributed by atoms with Gasteiger partial charge in [-0.25, -0.2) is 0 Å². The predicted octanol–water partition coefficient (Wildman–Crippen LogP) is 2.70. The van der Waals surface area contributed by atoms with Crippen molar-refractivity contribution in [3.8, 4) is 0 Å². The summed E-state index contributed by atoms with van der Waals surface area (Å²) >= 11 is 3.39. The Morgan fingerprint density at radius 3 is 2.46 bits per heavy atom. The van der Waals surface area contributed by atoms with E-state index in [1.165, 1.54) is 10.6 Å². The maximum atomic E-state index is 8.90. The Balaban J connectivity index is 2.33.